The molecule has 16 heavy (non-hydrogen) atoms. The molecule has 1 aromatic carbocycles. The van der Waals surface area contributed by atoms with Gasteiger partial charge >= 0.3 is 0 Å². The number of hydrogen-bond donors (Lipinski definition) is 2. The zero-order chi connectivity index (χ0) is 10.7. The molecule has 4 nitrogen and oxygen atoms in total. The molecule has 0 spiro atoms. The highest BCUT2D eigenvalue weighted by Crippen LogP contribution is 2.19. The molecule has 0 amide bonds. The average molecular weight is 240 g/mol. The lowest BCUT2D eigenvalue weighted by molar-refractivity contribution is 0.269. The number of nitrogens with zero attached hydrogens (tertiary/aromatic N) is 2. The molecule has 0 bridgehead atoms. The molecule has 0 radical (unpaired) electrons. The van der Waals surface area contributed by atoms with Gasteiger partial charge in [0.1, 0.15) is 0 Å². The van der Waals surface area contributed by atoms with E-state index in [1.165, 1.54) is 0 Å². The highest BCUT2D eigenvalue weighted by molar-refractivity contribution is 5.85. The summed E-state index contributed by atoms with van der Waals surface area (Å²) in [4.78, 5) is 0. The Kier molecular flexibility index (Phi) is 4.34. The molecular weight excluding hydrogens is 226 g/mol. The summed E-state index contributed by atoms with van der Waals surface area (Å²) in [5.74, 6) is 0. The molecule has 5 heteroatoms. The van der Waals surface area contributed by atoms with E-state index in [1.807, 2.05) is 30.5 Å². The number of hydrogen-bond acceptors (Lipinski definition) is 3. The maximum Gasteiger partial charge on any atom is 0.0641 e. The van der Waals surface area contributed by atoms with E-state index >= 15 is 0 Å². The van der Waals surface area contributed by atoms with Crippen molar-refractivity contribution in [1.82, 2.24) is 9.78 Å². The molecular formula is C11H14ClN3O. The lowest BCUT2D eigenvalue weighted by atomic mass is 10.1. The second kappa shape index (κ2) is 5.53. The van der Waals surface area contributed by atoms with Crippen LogP contribution in [0.25, 0.3) is 11.1 Å². The number of nitrogens with two attached hydrogens (primary N) is 1. The quantitative estimate of drug-likeness (QED) is 0.799. The Bertz CT molecular complexity index is 439. The Morgan fingerprint density at radius 3 is 2.50 bits per heavy atom. The number of benzene rings is 1. The largest absolute Gasteiger partial charge is 0.399 e. The molecule has 0 fully saturated rings. The third-order valence-electron chi connectivity index (χ3n) is 2.21. The molecule has 0 atom stereocenters. The van der Waals surface area contributed by atoms with Gasteiger partial charge in [-0.1, -0.05) is 12.1 Å². The zero-order valence-corrected chi connectivity index (χ0v) is 9.52. The monoisotopic (exact) mass is 239 g/mol. The van der Waals surface area contributed by atoms with Gasteiger partial charge in [-0.25, -0.2) is 0 Å². The average Bonchev–Trinajstić information content (AvgIpc) is 2.68. The third kappa shape index (κ3) is 2.74. The number of aliphatic hydroxyl groups excluding tert-OH is 1. The normalized spacial score (nSPS) is 9.81. The Hall–Kier alpha value is -1.52. The number of aliphatic hydroxyl groups is 1. The molecule has 86 valence electrons. The minimum absolute atomic E-state index is 0. The van der Waals surface area contributed by atoms with Crippen molar-refractivity contribution < 1.29 is 5.11 Å². The van der Waals surface area contributed by atoms with E-state index in [2.05, 4.69) is 5.10 Å². The van der Waals surface area contributed by atoms with Crippen LogP contribution in [0.5, 0.6) is 0 Å². The van der Waals surface area contributed by atoms with Gasteiger partial charge < -0.3 is 10.8 Å². The molecule has 0 aliphatic carbocycles. The van der Waals surface area contributed by atoms with Gasteiger partial charge in [-0.2, -0.15) is 5.10 Å². The molecule has 0 aliphatic rings. The van der Waals surface area contributed by atoms with Crippen LogP contribution < -0.4 is 5.73 Å². The molecule has 2 rings (SSSR count). The molecule has 0 saturated heterocycles. The van der Waals surface area contributed by atoms with Crippen molar-refractivity contribution in [2.24, 2.45) is 0 Å². The minimum Gasteiger partial charge on any atom is -0.399 e. The van der Waals surface area contributed by atoms with Crippen LogP contribution >= 0.6 is 12.4 Å². The topological polar surface area (TPSA) is 64.1 Å². The second-order valence-corrected chi connectivity index (χ2v) is 3.34. The van der Waals surface area contributed by atoms with E-state index in [-0.39, 0.29) is 19.0 Å². The lowest BCUT2D eigenvalue weighted by Gasteiger charge is -1.98. The number of halogens is 1. The predicted octanol–water partition coefficient (Wildman–Crippen LogP) is 1.55. The predicted molar refractivity (Wildman–Crippen MR) is 66.4 cm³/mol. The van der Waals surface area contributed by atoms with Crippen molar-refractivity contribution in [3.63, 3.8) is 0 Å². The lowest BCUT2D eigenvalue weighted by Crippen LogP contribution is -2.01. The second-order valence-electron chi connectivity index (χ2n) is 3.34. The standard InChI is InChI=1S/C11H13N3O.ClH/c12-11-3-1-9(2-4-11)10-7-13-14(8-10)5-6-15;/h1-4,7-8,15H,5-6,12H2;1H. The number of nitrogen functional groups attached to an aromatic ring is 1. The Morgan fingerprint density at radius 2 is 1.88 bits per heavy atom. The first-order chi connectivity index (χ1) is 7.29. The number of aromatic nitrogens is 2. The van der Waals surface area contributed by atoms with Crippen LogP contribution in [0.4, 0.5) is 5.69 Å². The first-order valence-corrected chi connectivity index (χ1v) is 4.79. The van der Waals surface area contributed by atoms with E-state index in [4.69, 9.17) is 10.8 Å². The van der Waals surface area contributed by atoms with Gasteiger partial charge in [0.15, 0.2) is 0 Å². The molecule has 0 saturated carbocycles. The van der Waals surface area contributed by atoms with Crippen LogP contribution in [-0.2, 0) is 6.54 Å². The van der Waals surface area contributed by atoms with Gasteiger partial charge in [0.25, 0.3) is 0 Å². The van der Waals surface area contributed by atoms with E-state index in [9.17, 15) is 0 Å². The van der Waals surface area contributed by atoms with Crippen LogP contribution in [0.15, 0.2) is 36.7 Å². The van der Waals surface area contributed by atoms with Gasteiger partial charge in [-0.3, -0.25) is 4.68 Å². The van der Waals surface area contributed by atoms with Crippen molar-refractivity contribution in [3.05, 3.63) is 36.7 Å². The molecule has 1 heterocycles. The zero-order valence-electron chi connectivity index (χ0n) is 8.71. The smallest absolute Gasteiger partial charge is 0.0641 e. The van der Waals surface area contributed by atoms with Gasteiger partial charge in [-0.05, 0) is 17.7 Å². The SMILES string of the molecule is Cl.Nc1ccc(-c2cnn(CCO)c2)cc1. The van der Waals surface area contributed by atoms with E-state index in [0.717, 1.165) is 16.8 Å². The summed E-state index contributed by atoms with van der Waals surface area (Å²) in [7, 11) is 0. The number of anilines is 1. The minimum atomic E-state index is 0. The van der Waals surface area contributed by atoms with Gasteiger partial charge in [0, 0.05) is 17.4 Å². The van der Waals surface area contributed by atoms with Crippen molar-refractivity contribution in [2.45, 2.75) is 6.54 Å². The Labute approximate surface area is 100 Å². The van der Waals surface area contributed by atoms with E-state index < -0.39 is 0 Å². The summed E-state index contributed by atoms with van der Waals surface area (Å²) in [6.45, 7) is 0.623. The molecule has 1 aromatic heterocycles. The highest BCUT2D eigenvalue weighted by atomic mass is 35.5. The first-order valence-electron chi connectivity index (χ1n) is 4.79. The fraction of sp³-hybridized carbons (Fsp3) is 0.182. The Balaban J connectivity index is 0.00000128. The summed E-state index contributed by atoms with van der Waals surface area (Å²) in [6.07, 6.45) is 3.68. The molecule has 2 aromatic rings. The van der Waals surface area contributed by atoms with Gasteiger partial charge in [0.2, 0.25) is 0 Å². The van der Waals surface area contributed by atoms with Crippen molar-refractivity contribution in [3.8, 4) is 11.1 Å². The fourth-order valence-electron chi connectivity index (χ4n) is 1.41. The van der Waals surface area contributed by atoms with Crippen LogP contribution in [0.2, 0.25) is 0 Å². The van der Waals surface area contributed by atoms with Crippen LogP contribution in [0.3, 0.4) is 0 Å². The molecule has 3 N–H and O–H groups in total. The summed E-state index contributed by atoms with van der Waals surface area (Å²) < 4.78 is 1.71. The van der Waals surface area contributed by atoms with Crippen LogP contribution in [0.1, 0.15) is 0 Å². The summed E-state index contributed by atoms with van der Waals surface area (Å²) in [5.41, 5.74) is 8.46. The summed E-state index contributed by atoms with van der Waals surface area (Å²) in [6, 6.07) is 7.63. The van der Waals surface area contributed by atoms with Crippen LogP contribution in [0, 0.1) is 0 Å². The van der Waals surface area contributed by atoms with E-state index in [1.54, 1.807) is 10.9 Å². The van der Waals surface area contributed by atoms with Crippen molar-refractivity contribution >= 4 is 18.1 Å². The third-order valence-corrected chi connectivity index (χ3v) is 2.21. The molecule has 0 aliphatic heterocycles. The Morgan fingerprint density at radius 1 is 1.19 bits per heavy atom. The summed E-state index contributed by atoms with van der Waals surface area (Å²) >= 11 is 0. The maximum absolute atomic E-state index is 8.76. The number of rotatable bonds is 3. The first kappa shape index (κ1) is 12.5. The van der Waals surface area contributed by atoms with Crippen LogP contribution in [-0.4, -0.2) is 21.5 Å². The van der Waals surface area contributed by atoms with E-state index in [0.29, 0.717) is 6.54 Å². The summed E-state index contributed by atoms with van der Waals surface area (Å²) in [5, 5.41) is 12.9. The highest BCUT2D eigenvalue weighted by Gasteiger charge is 2.00. The maximum atomic E-state index is 8.76. The van der Waals surface area contributed by atoms with Crippen molar-refractivity contribution in [2.75, 3.05) is 12.3 Å². The fourth-order valence-corrected chi connectivity index (χ4v) is 1.41. The van der Waals surface area contributed by atoms with Gasteiger partial charge in [0.05, 0.1) is 19.3 Å². The van der Waals surface area contributed by atoms with Gasteiger partial charge in [-0.15, -0.1) is 12.4 Å². The van der Waals surface area contributed by atoms with Crippen molar-refractivity contribution in [1.29, 1.82) is 0 Å². The molecule has 0 unspecified atom stereocenters.